The highest BCUT2D eigenvalue weighted by Crippen LogP contribution is 2.30. The molecule has 2 N–H and O–H groups in total. The number of ether oxygens (including phenoxy) is 1. The van der Waals surface area contributed by atoms with Crippen LogP contribution in [0, 0.1) is 0 Å². The van der Waals surface area contributed by atoms with Crippen molar-refractivity contribution in [2.24, 2.45) is 0 Å². The Kier molecular flexibility index (Phi) is 8.13. The van der Waals surface area contributed by atoms with Crippen LogP contribution in [-0.4, -0.2) is 18.1 Å². The predicted molar refractivity (Wildman–Crippen MR) is 106 cm³/mol. The largest absolute Gasteiger partial charge is 0.508 e. The fourth-order valence-electron chi connectivity index (χ4n) is 2.96. The molecule has 148 valence electrons. The minimum atomic E-state index is -4.28. The maximum absolute atomic E-state index is 11.3. The van der Waals surface area contributed by atoms with Crippen molar-refractivity contribution in [1.82, 2.24) is 0 Å². The zero-order valence-corrected chi connectivity index (χ0v) is 16.5. The summed E-state index contributed by atoms with van der Waals surface area (Å²) in [5.41, 5.74) is 0.876. The molecule has 0 aromatic heterocycles. The van der Waals surface area contributed by atoms with Crippen molar-refractivity contribution in [3.63, 3.8) is 0 Å². The summed E-state index contributed by atoms with van der Waals surface area (Å²) < 4.78 is 37.6. The minimum absolute atomic E-state index is 0.173. The molecule has 0 aliphatic heterocycles. The topological polar surface area (TPSA) is 83.8 Å². The van der Waals surface area contributed by atoms with E-state index in [1.807, 2.05) is 0 Å². The second kappa shape index (κ2) is 10.3. The van der Waals surface area contributed by atoms with Gasteiger partial charge in [0.1, 0.15) is 17.2 Å². The Balaban J connectivity index is 2.01. The van der Waals surface area contributed by atoms with Gasteiger partial charge in [-0.25, -0.2) is 0 Å². The summed E-state index contributed by atoms with van der Waals surface area (Å²) in [5, 5.41) is 9.79. The molecule has 6 heteroatoms. The molecule has 0 heterocycles. The maximum Gasteiger partial charge on any atom is 0.294 e. The zero-order valence-electron chi connectivity index (χ0n) is 15.7. The molecule has 0 saturated carbocycles. The number of benzene rings is 2. The van der Waals surface area contributed by atoms with Crippen LogP contribution in [0.25, 0.3) is 0 Å². The van der Waals surface area contributed by atoms with Gasteiger partial charge in [0.2, 0.25) is 0 Å². The number of aromatic hydroxyl groups is 1. The molecule has 0 fully saturated rings. The van der Waals surface area contributed by atoms with E-state index in [0.29, 0.717) is 11.5 Å². The first-order valence-electron chi connectivity index (χ1n) is 9.47. The van der Waals surface area contributed by atoms with Crippen molar-refractivity contribution in [3.8, 4) is 17.2 Å². The smallest absolute Gasteiger partial charge is 0.294 e. The Hall–Kier alpha value is -2.05. The van der Waals surface area contributed by atoms with Gasteiger partial charge in [0.05, 0.1) is 4.90 Å². The minimum Gasteiger partial charge on any atom is -0.508 e. The van der Waals surface area contributed by atoms with Gasteiger partial charge in [-0.05, 0) is 48.7 Å². The molecule has 2 aromatic carbocycles. The third-order valence-electron chi connectivity index (χ3n) is 4.42. The van der Waals surface area contributed by atoms with Crippen LogP contribution in [0.3, 0.4) is 0 Å². The van der Waals surface area contributed by atoms with Crippen LogP contribution >= 0.6 is 0 Å². The van der Waals surface area contributed by atoms with Crippen molar-refractivity contribution in [2.75, 3.05) is 0 Å². The van der Waals surface area contributed by atoms with E-state index in [4.69, 9.17) is 4.74 Å². The lowest BCUT2D eigenvalue weighted by Crippen LogP contribution is -1.98. The van der Waals surface area contributed by atoms with Gasteiger partial charge in [-0.1, -0.05) is 51.5 Å². The SMILES string of the molecule is CCCCCCCCCc1cc(O)ccc1Oc1cccc(S(=O)(=O)O)c1. The zero-order chi connectivity index (χ0) is 19.7. The highest BCUT2D eigenvalue weighted by molar-refractivity contribution is 7.85. The number of aryl methyl sites for hydroxylation is 1. The van der Waals surface area contributed by atoms with Crippen molar-refractivity contribution >= 4 is 10.1 Å². The third kappa shape index (κ3) is 7.23. The Labute approximate surface area is 161 Å². The molecule has 0 bridgehead atoms. The Morgan fingerprint density at radius 1 is 0.926 bits per heavy atom. The summed E-state index contributed by atoms with van der Waals surface area (Å²) in [5.74, 6) is 1.06. The first kappa shape index (κ1) is 21.3. The quantitative estimate of drug-likeness (QED) is 0.377. The molecular formula is C21H28O5S. The van der Waals surface area contributed by atoms with Crippen molar-refractivity contribution < 1.29 is 22.8 Å². The van der Waals surface area contributed by atoms with Gasteiger partial charge in [-0.2, -0.15) is 8.42 Å². The number of unbranched alkanes of at least 4 members (excludes halogenated alkanes) is 6. The molecule has 0 unspecified atom stereocenters. The lowest BCUT2D eigenvalue weighted by atomic mass is 10.0. The summed E-state index contributed by atoms with van der Waals surface area (Å²) in [6, 6.07) is 10.6. The fourth-order valence-corrected chi connectivity index (χ4v) is 3.47. The Morgan fingerprint density at radius 2 is 1.63 bits per heavy atom. The van der Waals surface area contributed by atoms with E-state index in [-0.39, 0.29) is 10.6 Å². The average Bonchev–Trinajstić information content (AvgIpc) is 2.62. The van der Waals surface area contributed by atoms with E-state index in [0.717, 1.165) is 24.8 Å². The van der Waals surface area contributed by atoms with Crippen LogP contribution in [0.5, 0.6) is 17.2 Å². The first-order valence-corrected chi connectivity index (χ1v) is 10.9. The van der Waals surface area contributed by atoms with E-state index >= 15 is 0 Å². The lowest BCUT2D eigenvalue weighted by Gasteiger charge is -2.12. The van der Waals surface area contributed by atoms with E-state index in [1.54, 1.807) is 18.2 Å². The normalized spacial score (nSPS) is 11.5. The molecule has 0 aliphatic carbocycles. The third-order valence-corrected chi connectivity index (χ3v) is 5.27. The maximum atomic E-state index is 11.3. The van der Waals surface area contributed by atoms with Gasteiger partial charge in [0.25, 0.3) is 10.1 Å². The molecular weight excluding hydrogens is 364 g/mol. The van der Waals surface area contributed by atoms with E-state index in [9.17, 15) is 18.1 Å². The molecule has 0 saturated heterocycles. The van der Waals surface area contributed by atoms with Crippen LogP contribution < -0.4 is 4.74 Å². The molecule has 0 atom stereocenters. The van der Waals surface area contributed by atoms with Crippen LogP contribution in [0.1, 0.15) is 57.4 Å². The summed E-state index contributed by atoms with van der Waals surface area (Å²) in [4.78, 5) is -0.215. The Morgan fingerprint density at radius 3 is 2.33 bits per heavy atom. The second-order valence-corrected chi connectivity index (χ2v) is 8.14. The summed E-state index contributed by atoms with van der Waals surface area (Å²) in [6.07, 6.45) is 9.14. The number of hydrogen-bond acceptors (Lipinski definition) is 4. The summed E-state index contributed by atoms with van der Waals surface area (Å²) in [7, 11) is -4.28. The van der Waals surface area contributed by atoms with E-state index in [1.165, 1.54) is 56.4 Å². The van der Waals surface area contributed by atoms with Gasteiger partial charge in [0, 0.05) is 6.07 Å². The second-order valence-electron chi connectivity index (χ2n) is 6.72. The fraction of sp³-hybridized carbons (Fsp3) is 0.429. The number of phenols is 1. The lowest BCUT2D eigenvalue weighted by molar-refractivity contribution is 0.455. The van der Waals surface area contributed by atoms with E-state index in [2.05, 4.69) is 6.92 Å². The van der Waals surface area contributed by atoms with Crippen molar-refractivity contribution in [3.05, 3.63) is 48.0 Å². The van der Waals surface area contributed by atoms with Gasteiger partial charge in [-0.3, -0.25) is 4.55 Å². The molecule has 0 amide bonds. The molecule has 0 spiro atoms. The highest BCUT2D eigenvalue weighted by atomic mass is 32.2. The summed E-state index contributed by atoms with van der Waals surface area (Å²) >= 11 is 0. The van der Waals surface area contributed by atoms with Gasteiger partial charge >= 0.3 is 0 Å². The van der Waals surface area contributed by atoms with Gasteiger partial charge in [0.15, 0.2) is 0 Å². The van der Waals surface area contributed by atoms with E-state index < -0.39 is 10.1 Å². The van der Waals surface area contributed by atoms with Crippen LogP contribution in [0.4, 0.5) is 0 Å². The number of rotatable bonds is 11. The molecule has 5 nitrogen and oxygen atoms in total. The highest BCUT2D eigenvalue weighted by Gasteiger charge is 2.12. The summed E-state index contributed by atoms with van der Waals surface area (Å²) in [6.45, 7) is 2.20. The molecule has 2 aromatic rings. The van der Waals surface area contributed by atoms with Gasteiger partial charge < -0.3 is 9.84 Å². The number of hydrogen-bond donors (Lipinski definition) is 2. The standard InChI is InChI=1S/C21H28O5S/c1-2-3-4-5-6-7-8-10-17-15-18(22)13-14-21(17)26-19-11-9-12-20(16-19)27(23,24)25/h9,11-16,22H,2-8,10H2,1H3,(H,23,24,25). The molecule has 0 aliphatic rings. The predicted octanol–water partition coefficient (Wildman–Crippen LogP) is 5.72. The van der Waals surface area contributed by atoms with Crippen molar-refractivity contribution in [2.45, 2.75) is 63.2 Å². The van der Waals surface area contributed by atoms with Crippen LogP contribution in [0.2, 0.25) is 0 Å². The Bertz CT molecular complexity index is 830. The molecule has 2 rings (SSSR count). The van der Waals surface area contributed by atoms with Crippen LogP contribution in [-0.2, 0) is 16.5 Å². The van der Waals surface area contributed by atoms with Gasteiger partial charge in [-0.15, -0.1) is 0 Å². The monoisotopic (exact) mass is 392 g/mol. The average molecular weight is 393 g/mol. The van der Waals surface area contributed by atoms with Crippen molar-refractivity contribution in [1.29, 1.82) is 0 Å². The molecule has 0 radical (unpaired) electrons. The molecule has 27 heavy (non-hydrogen) atoms. The van der Waals surface area contributed by atoms with Crippen LogP contribution in [0.15, 0.2) is 47.4 Å². The first-order chi connectivity index (χ1) is 12.9. The number of phenolic OH excluding ortho intramolecular Hbond substituents is 1.